The first-order valence-electron chi connectivity index (χ1n) is 9.19. The van der Waals surface area contributed by atoms with Gasteiger partial charge in [0.25, 0.3) is 0 Å². The van der Waals surface area contributed by atoms with Crippen LogP contribution in [0.15, 0.2) is 70.0 Å². The highest BCUT2D eigenvalue weighted by atomic mass is 16.4. The second-order valence-corrected chi connectivity index (χ2v) is 6.90. The Morgan fingerprint density at radius 3 is 2.44 bits per heavy atom. The van der Waals surface area contributed by atoms with Crippen molar-refractivity contribution in [1.82, 2.24) is 14.7 Å². The normalized spacial score (nSPS) is 15.6. The molecule has 6 heteroatoms. The molecule has 0 atom stereocenters. The van der Waals surface area contributed by atoms with Crippen LogP contribution in [0.3, 0.4) is 0 Å². The number of hydrogen-bond donors (Lipinski definition) is 0. The molecule has 4 aromatic rings. The van der Waals surface area contributed by atoms with Gasteiger partial charge in [0.05, 0.1) is 6.67 Å². The highest BCUT2D eigenvalue weighted by molar-refractivity contribution is 6.01. The van der Waals surface area contributed by atoms with E-state index < -0.39 is 0 Å². The highest BCUT2D eigenvalue weighted by Gasteiger charge is 2.18. The van der Waals surface area contributed by atoms with E-state index in [9.17, 15) is 4.79 Å². The van der Waals surface area contributed by atoms with E-state index in [2.05, 4.69) is 39.2 Å². The van der Waals surface area contributed by atoms with E-state index in [4.69, 9.17) is 4.42 Å². The van der Waals surface area contributed by atoms with Crippen molar-refractivity contribution in [3.05, 3.63) is 71.2 Å². The molecule has 136 valence electrons. The SMILES string of the molecule is O=c1oc2ccccc2c2nn(CN3CCN(c4ccccc4)CC3)cc12. The number of fused-ring (bicyclic) bond motifs is 3. The molecule has 0 saturated carbocycles. The van der Waals surface area contributed by atoms with Gasteiger partial charge in [0.15, 0.2) is 0 Å². The predicted molar refractivity (Wildman–Crippen MR) is 106 cm³/mol. The minimum atomic E-state index is -0.330. The number of nitrogens with zero attached hydrogens (tertiary/aromatic N) is 4. The quantitative estimate of drug-likeness (QED) is 0.526. The number of aromatic nitrogens is 2. The fourth-order valence-corrected chi connectivity index (χ4v) is 3.74. The molecule has 3 heterocycles. The van der Waals surface area contributed by atoms with Crippen molar-refractivity contribution in [3.8, 4) is 0 Å². The summed E-state index contributed by atoms with van der Waals surface area (Å²) in [7, 11) is 0. The van der Waals surface area contributed by atoms with Gasteiger partial charge < -0.3 is 9.32 Å². The fourth-order valence-electron chi connectivity index (χ4n) is 3.74. The zero-order chi connectivity index (χ0) is 18.2. The Labute approximate surface area is 156 Å². The number of anilines is 1. The summed E-state index contributed by atoms with van der Waals surface area (Å²) in [6, 6.07) is 18.0. The van der Waals surface area contributed by atoms with Gasteiger partial charge in [-0.1, -0.05) is 30.3 Å². The van der Waals surface area contributed by atoms with Crippen LogP contribution >= 0.6 is 0 Å². The topological polar surface area (TPSA) is 54.5 Å². The lowest BCUT2D eigenvalue weighted by Gasteiger charge is -2.35. The number of piperazine rings is 1. The average Bonchev–Trinajstić information content (AvgIpc) is 3.14. The molecule has 5 rings (SSSR count). The number of benzene rings is 2. The van der Waals surface area contributed by atoms with E-state index in [1.165, 1.54) is 5.69 Å². The van der Waals surface area contributed by atoms with Crippen LogP contribution in [-0.2, 0) is 6.67 Å². The highest BCUT2D eigenvalue weighted by Crippen LogP contribution is 2.21. The molecule has 2 aromatic carbocycles. The lowest BCUT2D eigenvalue weighted by Crippen LogP contribution is -2.46. The van der Waals surface area contributed by atoms with E-state index in [-0.39, 0.29) is 5.63 Å². The monoisotopic (exact) mass is 360 g/mol. The molecular formula is C21H20N4O2. The summed E-state index contributed by atoms with van der Waals surface area (Å²) in [6.07, 6.45) is 1.80. The van der Waals surface area contributed by atoms with E-state index in [0.29, 0.717) is 23.2 Å². The van der Waals surface area contributed by atoms with Crippen LogP contribution in [0.4, 0.5) is 5.69 Å². The Hall–Kier alpha value is -3.12. The van der Waals surface area contributed by atoms with Crippen LogP contribution in [-0.4, -0.2) is 40.9 Å². The van der Waals surface area contributed by atoms with Gasteiger partial charge in [0.1, 0.15) is 16.5 Å². The van der Waals surface area contributed by atoms with Gasteiger partial charge in [-0.15, -0.1) is 0 Å². The molecule has 2 aromatic heterocycles. The molecule has 6 nitrogen and oxygen atoms in total. The van der Waals surface area contributed by atoms with Crippen LogP contribution in [0.2, 0.25) is 0 Å². The van der Waals surface area contributed by atoms with Gasteiger partial charge in [-0.2, -0.15) is 5.10 Å². The second-order valence-electron chi connectivity index (χ2n) is 6.90. The van der Waals surface area contributed by atoms with Crippen LogP contribution in [0.1, 0.15) is 0 Å². The Morgan fingerprint density at radius 1 is 0.889 bits per heavy atom. The van der Waals surface area contributed by atoms with Crippen LogP contribution in [0, 0.1) is 0 Å². The summed E-state index contributed by atoms with van der Waals surface area (Å²) in [5.41, 5.74) is 2.23. The molecule has 0 amide bonds. The largest absolute Gasteiger partial charge is 0.422 e. The summed E-state index contributed by atoms with van der Waals surface area (Å²) in [5.74, 6) is 0. The maximum absolute atomic E-state index is 12.3. The zero-order valence-corrected chi connectivity index (χ0v) is 14.9. The van der Waals surface area contributed by atoms with Gasteiger partial charge in [0.2, 0.25) is 0 Å². The van der Waals surface area contributed by atoms with Gasteiger partial charge in [-0.05, 0) is 24.3 Å². The summed E-state index contributed by atoms with van der Waals surface area (Å²) in [4.78, 5) is 17.0. The summed E-state index contributed by atoms with van der Waals surface area (Å²) in [6.45, 7) is 4.55. The lowest BCUT2D eigenvalue weighted by molar-refractivity contribution is 0.196. The number of para-hydroxylation sites is 2. The van der Waals surface area contributed by atoms with Crippen molar-refractivity contribution in [2.45, 2.75) is 6.67 Å². The van der Waals surface area contributed by atoms with E-state index >= 15 is 0 Å². The first-order valence-corrected chi connectivity index (χ1v) is 9.19. The number of hydrogen-bond acceptors (Lipinski definition) is 5. The van der Waals surface area contributed by atoms with Crippen molar-refractivity contribution in [2.24, 2.45) is 0 Å². The second kappa shape index (κ2) is 6.55. The van der Waals surface area contributed by atoms with Gasteiger partial charge in [-0.25, -0.2) is 4.79 Å². The maximum atomic E-state index is 12.3. The van der Waals surface area contributed by atoms with E-state index in [0.717, 1.165) is 31.6 Å². The van der Waals surface area contributed by atoms with Crippen LogP contribution in [0.25, 0.3) is 21.9 Å². The van der Waals surface area contributed by atoms with Crippen molar-refractivity contribution in [1.29, 1.82) is 0 Å². The first kappa shape index (κ1) is 16.1. The van der Waals surface area contributed by atoms with Crippen molar-refractivity contribution in [2.75, 3.05) is 31.1 Å². The summed E-state index contributed by atoms with van der Waals surface area (Å²) in [5, 5.41) is 6.09. The molecule has 0 bridgehead atoms. The number of rotatable bonds is 3. The Balaban J connectivity index is 1.36. The summed E-state index contributed by atoms with van der Waals surface area (Å²) >= 11 is 0. The molecule has 0 spiro atoms. The molecular weight excluding hydrogens is 340 g/mol. The van der Waals surface area contributed by atoms with Crippen LogP contribution < -0.4 is 10.5 Å². The maximum Gasteiger partial charge on any atom is 0.347 e. The molecule has 0 N–H and O–H groups in total. The van der Waals surface area contributed by atoms with Crippen molar-refractivity contribution >= 4 is 27.6 Å². The zero-order valence-electron chi connectivity index (χ0n) is 14.9. The molecule has 0 unspecified atom stereocenters. The van der Waals surface area contributed by atoms with Gasteiger partial charge in [0, 0.05) is 43.4 Å². The molecule has 1 aliphatic rings. The standard InChI is InChI=1S/C21H20N4O2/c26-21-18-14-25(22-20(18)17-8-4-5-9-19(17)27-21)15-23-10-12-24(13-11-23)16-6-2-1-3-7-16/h1-9,14H,10-13,15H2. The molecule has 1 fully saturated rings. The van der Waals surface area contributed by atoms with E-state index in [1.807, 2.05) is 28.9 Å². The Bertz CT molecular complexity index is 1140. The molecule has 0 radical (unpaired) electrons. The lowest BCUT2D eigenvalue weighted by atomic mass is 10.2. The first-order chi connectivity index (χ1) is 13.3. The smallest absolute Gasteiger partial charge is 0.347 e. The molecule has 1 saturated heterocycles. The third-order valence-electron chi connectivity index (χ3n) is 5.16. The van der Waals surface area contributed by atoms with Gasteiger partial charge >= 0.3 is 5.63 Å². The minimum absolute atomic E-state index is 0.330. The third-order valence-corrected chi connectivity index (χ3v) is 5.16. The fraction of sp³-hybridized carbons (Fsp3) is 0.238. The van der Waals surface area contributed by atoms with Crippen molar-refractivity contribution < 1.29 is 4.42 Å². The van der Waals surface area contributed by atoms with Crippen LogP contribution in [0.5, 0.6) is 0 Å². The predicted octanol–water partition coefficient (Wildman–Crippen LogP) is 2.92. The molecule has 27 heavy (non-hydrogen) atoms. The Kier molecular flexibility index (Phi) is 3.90. The van der Waals surface area contributed by atoms with Gasteiger partial charge in [-0.3, -0.25) is 9.58 Å². The third kappa shape index (κ3) is 2.98. The molecule has 1 aliphatic heterocycles. The summed E-state index contributed by atoms with van der Waals surface area (Å²) < 4.78 is 7.27. The Morgan fingerprint density at radius 2 is 1.63 bits per heavy atom. The van der Waals surface area contributed by atoms with Crippen molar-refractivity contribution in [3.63, 3.8) is 0 Å². The van der Waals surface area contributed by atoms with E-state index in [1.54, 1.807) is 12.3 Å². The minimum Gasteiger partial charge on any atom is -0.422 e. The average molecular weight is 360 g/mol. The molecule has 0 aliphatic carbocycles.